The molecule has 0 aliphatic heterocycles. The van der Waals surface area contributed by atoms with Gasteiger partial charge in [-0.2, -0.15) is 0 Å². The molecule has 3 heterocycles. The molecular weight excluding hydrogens is 422 g/mol. The lowest BCUT2D eigenvalue weighted by atomic mass is 9.95. The number of benzene rings is 3. The maximum atomic E-state index is 13.6. The van der Waals surface area contributed by atoms with Crippen LogP contribution in [0, 0.1) is 6.92 Å². The molecule has 5 heteroatoms. The van der Waals surface area contributed by atoms with E-state index in [1.165, 1.54) is 0 Å². The van der Waals surface area contributed by atoms with Crippen molar-refractivity contribution in [3.63, 3.8) is 0 Å². The second-order valence-corrected chi connectivity index (χ2v) is 8.13. The Balaban J connectivity index is 1.79. The van der Waals surface area contributed by atoms with Crippen LogP contribution in [0.3, 0.4) is 0 Å². The average Bonchev–Trinajstić information content (AvgIpc) is 2.88. The summed E-state index contributed by atoms with van der Waals surface area (Å²) in [6, 6.07) is 28.9. The molecule has 6 rings (SSSR count). The van der Waals surface area contributed by atoms with Crippen LogP contribution >= 0.6 is 0 Å². The number of rotatable bonds is 3. The molecule has 0 N–H and O–H groups in total. The maximum Gasteiger partial charge on any atom is 0.346 e. The third-order valence-electron chi connectivity index (χ3n) is 5.84. The van der Waals surface area contributed by atoms with Crippen LogP contribution in [-0.4, -0.2) is 15.0 Å². The zero-order valence-electron chi connectivity index (χ0n) is 18.4. The van der Waals surface area contributed by atoms with E-state index >= 15 is 0 Å². The summed E-state index contributed by atoms with van der Waals surface area (Å²) >= 11 is 0. The fourth-order valence-electron chi connectivity index (χ4n) is 4.27. The van der Waals surface area contributed by atoms with E-state index in [-0.39, 0.29) is 0 Å². The smallest absolute Gasteiger partial charge is 0.346 e. The molecule has 0 fully saturated rings. The molecule has 3 aromatic heterocycles. The van der Waals surface area contributed by atoms with Gasteiger partial charge in [-0.1, -0.05) is 60.7 Å². The van der Waals surface area contributed by atoms with Crippen LogP contribution in [0.2, 0.25) is 0 Å². The average molecular weight is 441 g/mol. The Bertz CT molecular complexity index is 1730. The van der Waals surface area contributed by atoms with Gasteiger partial charge in [-0.15, -0.1) is 0 Å². The van der Waals surface area contributed by atoms with E-state index in [1.54, 1.807) is 6.20 Å². The van der Waals surface area contributed by atoms with E-state index in [1.807, 2.05) is 97.9 Å². The summed E-state index contributed by atoms with van der Waals surface area (Å²) in [7, 11) is 0. The van der Waals surface area contributed by atoms with E-state index in [4.69, 9.17) is 14.4 Å². The molecule has 0 bridgehead atoms. The third-order valence-corrected chi connectivity index (χ3v) is 5.84. The molecule has 0 aliphatic rings. The lowest BCUT2D eigenvalue weighted by Crippen LogP contribution is -2.10. The van der Waals surface area contributed by atoms with Crippen molar-refractivity contribution >= 4 is 22.0 Å². The van der Waals surface area contributed by atoms with Crippen LogP contribution in [0.15, 0.2) is 106 Å². The van der Waals surface area contributed by atoms with Crippen LogP contribution in [0.5, 0.6) is 0 Å². The normalized spacial score (nSPS) is 11.2. The molecule has 34 heavy (non-hydrogen) atoms. The first-order chi connectivity index (χ1) is 16.7. The minimum Gasteiger partial charge on any atom is -0.422 e. The van der Waals surface area contributed by atoms with E-state index in [9.17, 15) is 4.79 Å². The highest BCUT2D eigenvalue weighted by atomic mass is 16.4. The second kappa shape index (κ2) is 8.05. The monoisotopic (exact) mass is 441 g/mol. The molecule has 0 amide bonds. The van der Waals surface area contributed by atoms with Crippen LogP contribution < -0.4 is 5.63 Å². The third kappa shape index (κ3) is 3.35. The predicted molar refractivity (Wildman–Crippen MR) is 134 cm³/mol. The largest absolute Gasteiger partial charge is 0.422 e. The van der Waals surface area contributed by atoms with Gasteiger partial charge in [0.2, 0.25) is 0 Å². The SMILES string of the molecule is Cc1ccc2c(-c3ccccn3)c(-c3nc4ccccc4nc3-c3ccccc3)c(=O)oc2c1. The number of para-hydroxylation sites is 2. The molecule has 6 aromatic rings. The number of aryl methyl sites for hydroxylation is 1. The van der Waals surface area contributed by atoms with Gasteiger partial charge in [-0.05, 0) is 42.8 Å². The quantitative estimate of drug-likeness (QED) is 0.296. The number of aromatic nitrogens is 3. The van der Waals surface area contributed by atoms with Gasteiger partial charge in [-0.3, -0.25) is 4.98 Å². The van der Waals surface area contributed by atoms with Crippen LogP contribution in [-0.2, 0) is 0 Å². The maximum absolute atomic E-state index is 13.6. The van der Waals surface area contributed by atoms with Gasteiger partial charge in [0.15, 0.2) is 0 Å². The Morgan fingerprint density at radius 2 is 1.41 bits per heavy atom. The number of nitrogens with zero attached hydrogens (tertiary/aromatic N) is 3. The van der Waals surface area contributed by atoms with Gasteiger partial charge in [0, 0.05) is 22.7 Å². The topological polar surface area (TPSA) is 68.9 Å². The highest BCUT2D eigenvalue weighted by molar-refractivity contribution is 6.02. The zero-order valence-corrected chi connectivity index (χ0v) is 18.4. The molecule has 0 radical (unpaired) electrons. The van der Waals surface area contributed by atoms with E-state index in [0.29, 0.717) is 39.3 Å². The fourth-order valence-corrected chi connectivity index (χ4v) is 4.27. The summed E-state index contributed by atoms with van der Waals surface area (Å²) in [5.74, 6) is 0. The summed E-state index contributed by atoms with van der Waals surface area (Å²) in [5.41, 5.74) is 6.19. The van der Waals surface area contributed by atoms with Crippen molar-refractivity contribution in [2.75, 3.05) is 0 Å². The van der Waals surface area contributed by atoms with Gasteiger partial charge in [-0.25, -0.2) is 14.8 Å². The summed E-state index contributed by atoms with van der Waals surface area (Å²) in [4.78, 5) is 28.1. The molecule has 162 valence electrons. The lowest BCUT2D eigenvalue weighted by molar-refractivity contribution is 0.563. The molecule has 0 spiro atoms. The Kier molecular flexibility index (Phi) is 4.73. The summed E-state index contributed by atoms with van der Waals surface area (Å²) < 4.78 is 5.84. The molecule has 0 aliphatic carbocycles. The zero-order chi connectivity index (χ0) is 23.1. The standard InChI is InChI=1S/C29H19N3O2/c1-18-14-15-20-24(17-18)34-29(33)26(25(20)23-13-7-8-16-30-23)28-27(19-9-3-2-4-10-19)31-21-11-5-6-12-22(21)32-28/h2-17H,1H3. The Morgan fingerprint density at radius 1 is 0.706 bits per heavy atom. The van der Waals surface area contributed by atoms with Crippen molar-refractivity contribution in [3.8, 4) is 33.8 Å². The molecule has 0 atom stereocenters. The molecule has 0 saturated carbocycles. The van der Waals surface area contributed by atoms with Gasteiger partial charge in [0.05, 0.1) is 28.0 Å². The highest BCUT2D eigenvalue weighted by Crippen LogP contribution is 2.38. The van der Waals surface area contributed by atoms with Gasteiger partial charge >= 0.3 is 5.63 Å². The highest BCUT2D eigenvalue weighted by Gasteiger charge is 2.24. The number of fused-ring (bicyclic) bond motifs is 2. The first kappa shape index (κ1) is 20.0. The van der Waals surface area contributed by atoms with Gasteiger partial charge < -0.3 is 4.42 Å². The first-order valence-corrected chi connectivity index (χ1v) is 11.0. The van der Waals surface area contributed by atoms with Crippen LogP contribution in [0.25, 0.3) is 55.8 Å². The Hall–Kier alpha value is -4.64. The van der Waals surface area contributed by atoms with Crippen molar-refractivity contribution in [1.29, 1.82) is 0 Å². The van der Waals surface area contributed by atoms with E-state index < -0.39 is 5.63 Å². The number of pyridine rings is 1. The van der Waals surface area contributed by atoms with Gasteiger partial charge in [0.25, 0.3) is 0 Å². The first-order valence-electron chi connectivity index (χ1n) is 11.0. The fraction of sp³-hybridized carbons (Fsp3) is 0.0345. The number of hydrogen-bond acceptors (Lipinski definition) is 5. The van der Waals surface area contributed by atoms with E-state index in [2.05, 4.69) is 4.98 Å². The van der Waals surface area contributed by atoms with Crippen LogP contribution in [0.4, 0.5) is 0 Å². The Morgan fingerprint density at radius 3 is 2.15 bits per heavy atom. The molecule has 5 nitrogen and oxygen atoms in total. The summed E-state index contributed by atoms with van der Waals surface area (Å²) in [6.07, 6.45) is 1.72. The van der Waals surface area contributed by atoms with Crippen LogP contribution in [0.1, 0.15) is 5.56 Å². The number of hydrogen-bond donors (Lipinski definition) is 0. The summed E-state index contributed by atoms with van der Waals surface area (Å²) in [5, 5.41) is 0.799. The van der Waals surface area contributed by atoms with Crippen molar-refractivity contribution < 1.29 is 4.42 Å². The molecular formula is C29H19N3O2. The Labute approximate surface area is 195 Å². The summed E-state index contributed by atoms with van der Waals surface area (Å²) in [6.45, 7) is 1.97. The molecule has 0 unspecified atom stereocenters. The second-order valence-electron chi connectivity index (χ2n) is 8.13. The minimum atomic E-state index is -0.472. The molecule has 3 aromatic carbocycles. The minimum absolute atomic E-state index is 0.354. The van der Waals surface area contributed by atoms with Gasteiger partial charge in [0.1, 0.15) is 11.3 Å². The molecule has 0 saturated heterocycles. The van der Waals surface area contributed by atoms with Crippen molar-refractivity contribution in [2.24, 2.45) is 0 Å². The predicted octanol–water partition coefficient (Wildman–Crippen LogP) is 6.44. The van der Waals surface area contributed by atoms with Crippen molar-refractivity contribution in [1.82, 2.24) is 15.0 Å². The lowest BCUT2D eigenvalue weighted by Gasteiger charge is -2.15. The van der Waals surface area contributed by atoms with Crippen molar-refractivity contribution in [2.45, 2.75) is 6.92 Å². The van der Waals surface area contributed by atoms with Crippen molar-refractivity contribution in [3.05, 3.63) is 113 Å². The van der Waals surface area contributed by atoms with E-state index in [0.717, 1.165) is 22.0 Å².